The third-order valence-corrected chi connectivity index (χ3v) is 33.3. The SMILES string of the molecule is C.C.C.C.C.C.Cc1c(C)c(C)c(C)c(C)c1C.Cc1cc(-c2cc(C)c(C)c3ccccc23)c2ccccc2c1C.Cc1cc2c(cc1O)-c1ccccc1C21c2ccccc2-c2cc(C)c(O)cc21.Cc1cc2c(cc1O)C1(CC2(C)C)CC(C)(C)c2cc(C)c(O)cc21.Cc1ccc(C(C)(c2ccc(C)c(C)c2)C(F)(F)F)cc1C.Cc1ccc2c(c1)C1(c3ccccc3-2)c2ccccc2-c2ccc(C)cc21. The molecule has 23 rings (SSSR count). The summed E-state index contributed by atoms with van der Waals surface area (Å²) in [6.45, 7) is 52.4. The summed E-state index contributed by atoms with van der Waals surface area (Å²) in [7, 11) is 0. The van der Waals surface area contributed by atoms with Crippen LogP contribution >= 0.6 is 0 Å². The van der Waals surface area contributed by atoms with Crippen molar-refractivity contribution in [3.05, 3.63) is 468 Å². The molecule has 17 aromatic rings. The van der Waals surface area contributed by atoms with Gasteiger partial charge in [-0.2, -0.15) is 13.2 Å². The highest BCUT2D eigenvalue weighted by molar-refractivity contribution is 6.08. The summed E-state index contributed by atoms with van der Waals surface area (Å²) in [5, 5.41) is 47.4. The maximum absolute atomic E-state index is 13.9. The number of aromatic hydroxyl groups is 4. The number of phenolic OH excluding ortho intramolecular Hbond substituents is 4. The molecular formula is C138H153F3O4. The summed E-state index contributed by atoms with van der Waals surface area (Å²) < 4.78 is 41.8. The lowest BCUT2D eigenvalue weighted by molar-refractivity contribution is -0.173. The summed E-state index contributed by atoms with van der Waals surface area (Å²) in [5.41, 5.74) is 50.3. The van der Waals surface area contributed by atoms with Gasteiger partial charge in [0, 0.05) is 5.41 Å². The number of aryl methyl sites for hydroxylation is 14. The van der Waals surface area contributed by atoms with Gasteiger partial charge in [-0.15, -0.1) is 0 Å². The molecule has 0 saturated heterocycles. The summed E-state index contributed by atoms with van der Waals surface area (Å²) in [4.78, 5) is 0. The van der Waals surface area contributed by atoms with Gasteiger partial charge in [-0.25, -0.2) is 0 Å². The molecule has 4 N–H and O–H groups in total. The van der Waals surface area contributed by atoms with Crippen molar-refractivity contribution in [2.24, 2.45) is 0 Å². The van der Waals surface area contributed by atoms with E-state index in [0.29, 0.717) is 23.0 Å². The molecule has 3 spiro atoms. The number of fused-ring (bicyclic) bond motifs is 26. The Morgan fingerprint density at radius 3 is 0.814 bits per heavy atom. The standard InChI is InChI=1S/C27H20O2.C27H20.C24H22.C23H28O2.C19H21F3.C12H18.6CH4/c1-15-11-19-17-7-3-5-9-21(17)27(24(19)14-26(15)29)22-10-6-4-8-18(22)20-13-25(28)16(2)12-23(20)27;1-17-11-13-21-19-7-3-5-9-23(19)27(25(21)15-17)24-10-6-4-8-20(24)22-14-12-18(2)16-26(22)27;1-15-13-23(21-11-7-5-9-19(21)17(15)3)24-14-16(2)18(4)20-10-6-8-12-22(20)24;1-13-7-15-17(9-19(13)24)23(11-21(15,3)4)12-22(5,6)16-8-14(2)20(25)10-18(16)23;1-12-6-8-16(10-14(12)3)18(5,19(20,21)22)17-9-7-13(2)15(4)11-17;1-7-8(2)10(4)12(6)11(5)9(7)3;;;;;;/h3-14,28-29H,1-2H3;3-16H,1-2H3;5-14H,1-4H3;7-10,24-25H,11-12H2,1-6H3;6-11H,1-5H3;1-6H3;6*1H4. The number of phenols is 4. The monoisotopic (exact) mass is 1930 g/mol. The minimum atomic E-state index is -4.36. The third kappa shape index (κ3) is 17.6. The van der Waals surface area contributed by atoms with E-state index < -0.39 is 17.0 Å². The van der Waals surface area contributed by atoms with Crippen LogP contribution in [0.15, 0.2) is 279 Å². The number of alkyl halides is 3. The van der Waals surface area contributed by atoms with Crippen molar-refractivity contribution in [3.8, 4) is 78.6 Å². The van der Waals surface area contributed by atoms with E-state index >= 15 is 0 Å². The normalized spacial score (nSPS) is 14.6. The predicted molar refractivity (Wildman–Crippen MR) is 615 cm³/mol. The van der Waals surface area contributed by atoms with Crippen LogP contribution in [0, 0.1) is 138 Å². The first kappa shape index (κ1) is 110. The topological polar surface area (TPSA) is 80.9 Å². The van der Waals surface area contributed by atoms with Gasteiger partial charge in [0.25, 0.3) is 0 Å². The Balaban J connectivity index is 0.000000156. The second-order valence-electron chi connectivity index (χ2n) is 42.5. The third-order valence-electron chi connectivity index (χ3n) is 33.3. The fourth-order valence-electron chi connectivity index (χ4n) is 24.4. The lowest BCUT2D eigenvalue weighted by atomic mass is 9.70. The van der Waals surface area contributed by atoms with Crippen LogP contribution in [0.1, 0.15) is 281 Å². The van der Waals surface area contributed by atoms with Crippen LogP contribution in [0.5, 0.6) is 23.0 Å². The first-order chi connectivity index (χ1) is 65.8. The number of rotatable bonds is 3. The average molecular weight is 1930 g/mol. The van der Waals surface area contributed by atoms with E-state index in [1.54, 1.807) is 36.4 Å². The molecule has 0 aliphatic heterocycles. The zero-order chi connectivity index (χ0) is 99.5. The van der Waals surface area contributed by atoms with Gasteiger partial charge in [0.15, 0.2) is 0 Å². The van der Waals surface area contributed by atoms with E-state index in [1.807, 2.05) is 85.7 Å². The molecule has 0 amide bonds. The molecule has 145 heavy (non-hydrogen) atoms. The Hall–Kier alpha value is -13.8. The Morgan fingerprint density at radius 2 is 0.476 bits per heavy atom. The first-order valence-corrected chi connectivity index (χ1v) is 49.1. The van der Waals surface area contributed by atoms with Crippen LogP contribution in [0.2, 0.25) is 0 Å². The first-order valence-electron chi connectivity index (χ1n) is 49.1. The van der Waals surface area contributed by atoms with Gasteiger partial charge in [-0.05, 0) is 455 Å². The maximum Gasteiger partial charge on any atom is 0.402 e. The van der Waals surface area contributed by atoms with Crippen molar-refractivity contribution in [2.45, 2.75) is 269 Å². The molecule has 6 aliphatic carbocycles. The second kappa shape index (κ2) is 40.3. The van der Waals surface area contributed by atoms with Gasteiger partial charge in [0.1, 0.15) is 28.4 Å². The minimum Gasteiger partial charge on any atom is -0.508 e. The molecule has 1 unspecified atom stereocenters. The summed E-state index contributed by atoms with van der Waals surface area (Å²) >= 11 is 0. The van der Waals surface area contributed by atoms with E-state index in [4.69, 9.17) is 0 Å². The minimum absolute atomic E-state index is 0. The van der Waals surface area contributed by atoms with Crippen molar-refractivity contribution in [3.63, 3.8) is 0 Å². The second-order valence-corrected chi connectivity index (χ2v) is 42.5. The van der Waals surface area contributed by atoms with Crippen LogP contribution in [0.25, 0.3) is 77.2 Å². The quantitative estimate of drug-likeness (QED) is 0.142. The molecule has 4 nitrogen and oxygen atoms in total. The Morgan fingerprint density at radius 1 is 0.214 bits per heavy atom. The van der Waals surface area contributed by atoms with E-state index in [1.165, 1.54) is 201 Å². The van der Waals surface area contributed by atoms with Gasteiger partial charge in [-0.3, -0.25) is 0 Å². The molecule has 1 atom stereocenters. The Kier molecular flexibility index (Phi) is 30.6. The van der Waals surface area contributed by atoms with Gasteiger partial charge >= 0.3 is 6.18 Å². The highest BCUT2D eigenvalue weighted by Crippen LogP contribution is 2.68. The molecule has 0 aromatic heterocycles. The van der Waals surface area contributed by atoms with Crippen LogP contribution < -0.4 is 0 Å². The Bertz CT molecular complexity index is 7410. The van der Waals surface area contributed by atoms with E-state index in [2.05, 4.69) is 323 Å². The summed E-state index contributed by atoms with van der Waals surface area (Å²) in [5.74, 6) is 1.38. The largest absolute Gasteiger partial charge is 0.508 e. The molecule has 0 saturated carbocycles. The predicted octanol–water partition coefficient (Wildman–Crippen LogP) is 38.1. The van der Waals surface area contributed by atoms with Crippen LogP contribution in [-0.4, -0.2) is 26.6 Å². The van der Waals surface area contributed by atoms with Gasteiger partial charge in [-0.1, -0.05) is 332 Å². The zero-order valence-corrected chi connectivity index (χ0v) is 85.4. The Labute approximate surface area is 865 Å². The maximum atomic E-state index is 13.9. The summed E-state index contributed by atoms with van der Waals surface area (Å²) in [6.07, 6.45) is -2.34. The fourth-order valence-corrected chi connectivity index (χ4v) is 24.4. The summed E-state index contributed by atoms with van der Waals surface area (Å²) in [6, 6.07) is 97.5. The van der Waals surface area contributed by atoms with Crippen molar-refractivity contribution in [2.75, 3.05) is 0 Å². The van der Waals surface area contributed by atoms with Gasteiger partial charge in [0.2, 0.25) is 0 Å². The lowest BCUT2D eigenvalue weighted by Gasteiger charge is -2.34. The van der Waals surface area contributed by atoms with Gasteiger partial charge in [0.05, 0.1) is 10.8 Å². The average Bonchev–Trinajstić information content (AvgIpc) is 1.51. The van der Waals surface area contributed by atoms with Crippen LogP contribution in [-0.2, 0) is 32.5 Å². The van der Waals surface area contributed by atoms with Crippen molar-refractivity contribution >= 4 is 21.5 Å². The molecule has 6 aliphatic rings. The smallest absolute Gasteiger partial charge is 0.402 e. The molecular weight excluding hydrogens is 1780 g/mol. The molecule has 0 fully saturated rings. The molecule has 0 radical (unpaired) electrons. The van der Waals surface area contributed by atoms with Crippen LogP contribution in [0.4, 0.5) is 13.2 Å². The fraction of sp³-hybridized carbons (Fsp3) is 0.290. The van der Waals surface area contributed by atoms with Crippen LogP contribution in [0.3, 0.4) is 0 Å². The van der Waals surface area contributed by atoms with E-state index in [-0.39, 0.29) is 77.3 Å². The molecule has 0 heterocycles. The van der Waals surface area contributed by atoms with E-state index in [9.17, 15) is 33.6 Å². The van der Waals surface area contributed by atoms with E-state index in [0.717, 1.165) is 74.0 Å². The molecule has 7 heteroatoms. The highest BCUT2D eigenvalue weighted by atomic mass is 19.4. The van der Waals surface area contributed by atoms with Crippen molar-refractivity contribution < 1.29 is 33.6 Å². The molecule has 17 aromatic carbocycles. The molecule has 750 valence electrons. The highest BCUT2D eigenvalue weighted by Gasteiger charge is 2.59. The number of benzene rings is 17. The number of halogens is 3. The van der Waals surface area contributed by atoms with Gasteiger partial charge < -0.3 is 20.4 Å². The number of hydrogen-bond acceptors (Lipinski definition) is 4. The van der Waals surface area contributed by atoms with Crippen molar-refractivity contribution in [1.29, 1.82) is 0 Å². The lowest BCUT2D eigenvalue weighted by Crippen LogP contribution is -2.40. The zero-order valence-electron chi connectivity index (χ0n) is 85.4. The van der Waals surface area contributed by atoms with Crippen molar-refractivity contribution in [1.82, 2.24) is 0 Å². The molecule has 0 bridgehead atoms. The number of hydrogen-bond donors (Lipinski definition) is 4.